The summed E-state index contributed by atoms with van der Waals surface area (Å²) in [7, 11) is -2.65. The minimum atomic E-state index is -3.94. The van der Waals surface area contributed by atoms with Gasteiger partial charge in [-0.25, -0.2) is 13.2 Å². The Kier molecular flexibility index (Phi) is 8.11. The van der Waals surface area contributed by atoms with Gasteiger partial charge in [0, 0.05) is 31.7 Å². The second-order valence-electron chi connectivity index (χ2n) is 9.19. The molecule has 0 aromatic heterocycles. The second-order valence-corrected chi connectivity index (χ2v) is 11.1. The van der Waals surface area contributed by atoms with Gasteiger partial charge in [0.25, 0.3) is 0 Å². The van der Waals surface area contributed by atoms with Crippen molar-refractivity contribution in [2.75, 3.05) is 26.7 Å². The van der Waals surface area contributed by atoms with E-state index in [1.807, 2.05) is 13.8 Å². The van der Waals surface area contributed by atoms with Crippen LogP contribution in [0.2, 0.25) is 0 Å². The van der Waals surface area contributed by atoms with Crippen LogP contribution in [0.3, 0.4) is 0 Å². The molecule has 11 heteroatoms. The minimum Gasteiger partial charge on any atom is -0.490 e. The maximum atomic E-state index is 13.2. The van der Waals surface area contributed by atoms with Crippen molar-refractivity contribution in [3.8, 4) is 5.75 Å². The lowest BCUT2D eigenvalue weighted by atomic mass is 9.98. The van der Waals surface area contributed by atoms with Gasteiger partial charge in [0.1, 0.15) is 5.60 Å². The van der Waals surface area contributed by atoms with Crippen LogP contribution < -0.4 is 4.74 Å². The van der Waals surface area contributed by atoms with Crippen LogP contribution in [-0.4, -0.2) is 67.0 Å². The smallest absolute Gasteiger partial charge is 0.410 e. The predicted molar refractivity (Wildman–Crippen MR) is 119 cm³/mol. The molecule has 1 saturated heterocycles. The molecule has 10 nitrogen and oxygen atoms in total. The minimum absolute atomic E-state index is 0.00425. The molecule has 180 valence electrons. The van der Waals surface area contributed by atoms with E-state index in [2.05, 4.69) is 0 Å². The highest BCUT2D eigenvalue weighted by Gasteiger charge is 2.34. The molecule has 0 saturated carbocycles. The Morgan fingerprint density at radius 3 is 2.53 bits per heavy atom. The maximum absolute atomic E-state index is 13.2. The molecule has 1 heterocycles. The number of rotatable bonds is 7. The number of nitrogens with zero attached hydrogens (tertiary/aromatic N) is 3. The van der Waals surface area contributed by atoms with Gasteiger partial charge in [-0.3, -0.25) is 10.1 Å². The lowest BCUT2D eigenvalue weighted by Gasteiger charge is -2.37. The molecule has 1 aliphatic heterocycles. The van der Waals surface area contributed by atoms with Gasteiger partial charge in [-0.05, 0) is 65.5 Å². The summed E-state index contributed by atoms with van der Waals surface area (Å²) >= 11 is 0. The molecule has 0 radical (unpaired) electrons. The number of nitro benzene ring substituents is 1. The van der Waals surface area contributed by atoms with Crippen molar-refractivity contribution >= 4 is 21.8 Å². The summed E-state index contributed by atoms with van der Waals surface area (Å²) in [6.07, 6.45) is 0.960. The Balaban J connectivity index is 2.21. The van der Waals surface area contributed by atoms with Crippen LogP contribution in [0.5, 0.6) is 5.75 Å². The summed E-state index contributed by atoms with van der Waals surface area (Å²) in [6, 6.07) is 3.52. The first-order chi connectivity index (χ1) is 14.8. The third-order valence-electron chi connectivity index (χ3n) is 5.17. The second kappa shape index (κ2) is 10.0. The molecular formula is C21H33N3O7S. The Morgan fingerprint density at radius 2 is 2.00 bits per heavy atom. The number of piperidine rings is 1. The summed E-state index contributed by atoms with van der Waals surface area (Å²) in [4.78, 5) is 24.7. The average Bonchev–Trinajstić information content (AvgIpc) is 2.70. The molecule has 0 bridgehead atoms. The van der Waals surface area contributed by atoms with E-state index in [-0.39, 0.29) is 29.1 Å². The van der Waals surface area contributed by atoms with Crippen LogP contribution in [0.25, 0.3) is 0 Å². The standard InChI is InChI=1S/C21H33N3O7S/c1-15(2)23(20(25)31-21(3,4)5)14-16-8-7-11-22(13-16)32(28,29)17-9-10-19(30-6)18(12-17)24(26)27/h9-10,12,15-16H,7-8,11,13-14H2,1-6H3. The number of amides is 1. The Labute approximate surface area is 189 Å². The normalized spacial score (nSPS) is 17.8. The van der Waals surface area contributed by atoms with E-state index in [1.165, 1.54) is 23.5 Å². The molecule has 1 aliphatic rings. The van der Waals surface area contributed by atoms with Gasteiger partial charge in [0.15, 0.2) is 5.75 Å². The molecular weight excluding hydrogens is 438 g/mol. The molecule has 0 spiro atoms. The SMILES string of the molecule is COc1ccc(S(=O)(=O)N2CCCC(CN(C(=O)OC(C)(C)C)C(C)C)C2)cc1[N+](=O)[O-]. The number of sulfonamides is 1. The van der Waals surface area contributed by atoms with Gasteiger partial charge in [-0.1, -0.05) is 0 Å². The highest BCUT2D eigenvalue weighted by Crippen LogP contribution is 2.32. The zero-order valence-electron chi connectivity index (χ0n) is 19.5. The van der Waals surface area contributed by atoms with Crippen molar-refractivity contribution in [3.63, 3.8) is 0 Å². The summed E-state index contributed by atoms with van der Waals surface area (Å²) < 4.78 is 38.2. The van der Waals surface area contributed by atoms with Crippen molar-refractivity contribution in [1.82, 2.24) is 9.21 Å². The molecule has 1 atom stereocenters. The summed E-state index contributed by atoms with van der Waals surface area (Å²) in [5, 5.41) is 11.3. The Morgan fingerprint density at radius 1 is 1.34 bits per heavy atom. The van der Waals surface area contributed by atoms with Crippen molar-refractivity contribution in [1.29, 1.82) is 0 Å². The topological polar surface area (TPSA) is 119 Å². The quantitative estimate of drug-likeness (QED) is 0.440. The van der Waals surface area contributed by atoms with Crippen LogP contribution in [0.4, 0.5) is 10.5 Å². The molecule has 1 amide bonds. The molecule has 1 aromatic carbocycles. The van der Waals surface area contributed by atoms with Crippen LogP contribution >= 0.6 is 0 Å². The predicted octanol–water partition coefficient (Wildman–Crippen LogP) is 3.65. The maximum Gasteiger partial charge on any atom is 0.410 e. The molecule has 0 aliphatic carbocycles. The third-order valence-corrected chi connectivity index (χ3v) is 7.03. The zero-order chi connectivity index (χ0) is 24.3. The lowest BCUT2D eigenvalue weighted by Crippen LogP contribution is -2.48. The van der Waals surface area contributed by atoms with Crippen molar-refractivity contribution in [3.05, 3.63) is 28.3 Å². The highest BCUT2D eigenvalue weighted by atomic mass is 32.2. The third kappa shape index (κ3) is 6.32. The van der Waals surface area contributed by atoms with E-state index < -0.39 is 32.3 Å². The van der Waals surface area contributed by atoms with Gasteiger partial charge in [-0.2, -0.15) is 4.31 Å². The van der Waals surface area contributed by atoms with Crippen molar-refractivity contribution < 1.29 is 27.6 Å². The molecule has 2 rings (SSSR count). The van der Waals surface area contributed by atoms with Crippen molar-refractivity contribution in [2.24, 2.45) is 5.92 Å². The van der Waals surface area contributed by atoms with Gasteiger partial charge < -0.3 is 14.4 Å². The average molecular weight is 472 g/mol. The fourth-order valence-electron chi connectivity index (χ4n) is 3.61. The van der Waals surface area contributed by atoms with Crippen LogP contribution in [-0.2, 0) is 14.8 Å². The number of carbonyl (C=O) groups excluding carboxylic acids is 1. The highest BCUT2D eigenvalue weighted by molar-refractivity contribution is 7.89. The van der Waals surface area contributed by atoms with Gasteiger partial charge in [-0.15, -0.1) is 0 Å². The number of benzene rings is 1. The zero-order valence-corrected chi connectivity index (χ0v) is 20.3. The monoisotopic (exact) mass is 471 g/mol. The molecule has 32 heavy (non-hydrogen) atoms. The lowest BCUT2D eigenvalue weighted by molar-refractivity contribution is -0.386. The summed E-state index contributed by atoms with van der Waals surface area (Å²) in [5.41, 5.74) is -1.03. The molecule has 1 fully saturated rings. The fraction of sp³-hybridized carbons (Fsp3) is 0.667. The number of hydrogen-bond donors (Lipinski definition) is 0. The van der Waals surface area contributed by atoms with Crippen molar-refractivity contribution in [2.45, 2.75) is 64.0 Å². The van der Waals surface area contributed by atoms with Crippen LogP contribution in [0.15, 0.2) is 23.1 Å². The number of ether oxygens (including phenoxy) is 2. The van der Waals surface area contributed by atoms with E-state index in [9.17, 15) is 23.3 Å². The van der Waals surface area contributed by atoms with Gasteiger partial charge >= 0.3 is 11.8 Å². The number of methoxy groups -OCH3 is 1. The van der Waals surface area contributed by atoms with Gasteiger partial charge in [0.05, 0.1) is 16.9 Å². The van der Waals surface area contributed by atoms with E-state index in [4.69, 9.17) is 9.47 Å². The fourth-order valence-corrected chi connectivity index (χ4v) is 5.19. The molecule has 0 N–H and O–H groups in total. The van der Waals surface area contributed by atoms with E-state index in [0.29, 0.717) is 19.5 Å². The number of hydrogen-bond acceptors (Lipinski definition) is 7. The largest absolute Gasteiger partial charge is 0.490 e. The summed E-state index contributed by atoms with van der Waals surface area (Å²) in [5.74, 6) is -0.0860. The molecule has 1 aromatic rings. The summed E-state index contributed by atoms with van der Waals surface area (Å²) in [6.45, 7) is 10.1. The van der Waals surface area contributed by atoms with Crippen LogP contribution in [0.1, 0.15) is 47.5 Å². The van der Waals surface area contributed by atoms with Gasteiger partial charge in [0.2, 0.25) is 10.0 Å². The number of nitro groups is 1. The van der Waals surface area contributed by atoms with E-state index in [0.717, 1.165) is 12.5 Å². The van der Waals surface area contributed by atoms with E-state index in [1.54, 1.807) is 25.7 Å². The Hall–Kier alpha value is -2.40. The Bertz CT molecular complexity index is 941. The first-order valence-electron chi connectivity index (χ1n) is 10.6. The first-order valence-corrected chi connectivity index (χ1v) is 12.0. The van der Waals surface area contributed by atoms with Crippen LogP contribution in [0, 0.1) is 16.0 Å². The van der Waals surface area contributed by atoms with E-state index >= 15 is 0 Å². The number of carbonyl (C=O) groups is 1. The first kappa shape index (κ1) is 25.9. The molecule has 1 unspecified atom stereocenters.